The van der Waals surface area contributed by atoms with Gasteiger partial charge in [0, 0.05) is 13.2 Å². The number of rotatable bonds is 9. The highest BCUT2D eigenvalue weighted by Gasteiger charge is 2.14. The number of hydrogen-bond acceptors (Lipinski definition) is 3. The van der Waals surface area contributed by atoms with Crippen LogP contribution < -0.4 is 5.32 Å². The van der Waals surface area contributed by atoms with E-state index in [4.69, 9.17) is 9.47 Å². The Kier molecular flexibility index (Phi) is 8.26. The summed E-state index contributed by atoms with van der Waals surface area (Å²) in [4.78, 5) is 11.4. The quantitative estimate of drug-likeness (QED) is 0.657. The van der Waals surface area contributed by atoms with Crippen LogP contribution in [0.1, 0.15) is 54.4 Å². The van der Waals surface area contributed by atoms with E-state index in [1.165, 1.54) is 0 Å². The van der Waals surface area contributed by atoms with E-state index in [9.17, 15) is 4.79 Å². The molecule has 114 valence electrons. The van der Waals surface area contributed by atoms with Gasteiger partial charge in [0.1, 0.15) is 6.61 Å². The summed E-state index contributed by atoms with van der Waals surface area (Å²) in [6.45, 7) is 14.4. The third kappa shape index (κ3) is 12.2. The molecule has 0 aliphatic heterocycles. The van der Waals surface area contributed by atoms with Gasteiger partial charge in [-0.3, -0.25) is 4.79 Å². The van der Waals surface area contributed by atoms with Gasteiger partial charge >= 0.3 is 0 Å². The molecule has 0 aromatic carbocycles. The summed E-state index contributed by atoms with van der Waals surface area (Å²) < 4.78 is 10.9. The molecule has 0 spiro atoms. The smallest absolute Gasteiger partial charge is 0.246 e. The van der Waals surface area contributed by atoms with Gasteiger partial charge in [0.25, 0.3) is 0 Å². The van der Waals surface area contributed by atoms with Crippen LogP contribution in [0.15, 0.2) is 0 Å². The summed E-state index contributed by atoms with van der Waals surface area (Å²) in [6.07, 6.45) is 2.20. The maximum absolute atomic E-state index is 11.4. The molecular weight excluding hydrogens is 242 g/mol. The third-order valence-electron chi connectivity index (χ3n) is 3.09. The van der Waals surface area contributed by atoms with Gasteiger partial charge in [0.05, 0.1) is 12.2 Å². The molecule has 19 heavy (non-hydrogen) atoms. The first-order valence-corrected chi connectivity index (χ1v) is 7.15. The van der Waals surface area contributed by atoms with Crippen molar-refractivity contribution in [1.82, 2.24) is 5.32 Å². The molecule has 1 N–H and O–H groups in total. The van der Waals surface area contributed by atoms with Crippen LogP contribution in [0.25, 0.3) is 0 Å². The van der Waals surface area contributed by atoms with Gasteiger partial charge in [-0.05, 0) is 32.6 Å². The van der Waals surface area contributed by atoms with Gasteiger partial charge in [-0.2, -0.15) is 0 Å². The van der Waals surface area contributed by atoms with Crippen LogP contribution >= 0.6 is 0 Å². The molecule has 0 saturated carbocycles. The van der Waals surface area contributed by atoms with E-state index in [0.717, 1.165) is 19.4 Å². The van der Waals surface area contributed by atoms with Crippen molar-refractivity contribution in [2.24, 2.45) is 5.41 Å². The van der Waals surface area contributed by atoms with Crippen LogP contribution in [0, 0.1) is 5.41 Å². The van der Waals surface area contributed by atoms with E-state index in [0.29, 0.717) is 18.6 Å². The first-order chi connectivity index (χ1) is 8.66. The molecule has 0 aliphatic carbocycles. The van der Waals surface area contributed by atoms with Crippen molar-refractivity contribution in [3.05, 3.63) is 0 Å². The summed E-state index contributed by atoms with van der Waals surface area (Å²) in [5.41, 5.74) is 0.0589. The second kappa shape index (κ2) is 8.54. The zero-order chi connectivity index (χ0) is 14.9. The van der Waals surface area contributed by atoms with Crippen molar-refractivity contribution >= 4 is 5.91 Å². The number of carbonyl (C=O) groups is 1. The van der Waals surface area contributed by atoms with Crippen molar-refractivity contribution in [3.63, 3.8) is 0 Å². The Bertz CT molecular complexity index is 257. The van der Waals surface area contributed by atoms with Crippen molar-refractivity contribution in [1.29, 1.82) is 0 Å². The Morgan fingerprint density at radius 1 is 1.11 bits per heavy atom. The molecule has 1 amide bonds. The van der Waals surface area contributed by atoms with Gasteiger partial charge in [0.15, 0.2) is 0 Å². The minimum Gasteiger partial charge on any atom is -0.380 e. The molecule has 4 heteroatoms. The zero-order valence-electron chi connectivity index (χ0n) is 13.5. The fourth-order valence-corrected chi connectivity index (χ4v) is 1.22. The summed E-state index contributed by atoms with van der Waals surface area (Å²) in [5, 5.41) is 2.78. The molecule has 4 nitrogen and oxygen atoms in total. The summed E-state index contributed by atoms with van der Waals surface area (Å²) in [7, 11) is 0. The lowest BCUT2D eigenvalue weighted by molar-refractivity contribution is -0.130. The first-order valence-electron chi connectivity index (χ1n) is 7.15. The van der Waals surface area contributed by atoms with E-state index < -0.39 is 0 Å². The van der Waals surface area contributed by atoms with E-state index in [1.807, 2.05) is 20.8 Å². The van der Waals surface area contributed by atoms with Crippen molar-refractivity contribution in [2.75, 3.05) is 26.4 Å². The maximum Gasteiger partial charge on any atom is 0.246 e. The highest BCUT2D eigenvalue weighted by atomic mass is 16.5. The number of hydrogen-bond donors (Lipinski definition) is 1. The molecule has 0 bridgehead atoms. The molecule has 0 unspecified atom stereocenters. The molecule has 0 radical (unpaired) electrons. The highest BCUT2D eigenvalue weighted by Crippen LogP contribution is 2.23. The Hall–Kier alpha value is -0.610. The predicted octanol–water partition coefficient (Wildman–Crippen LogP) is 2.76. The Labute approximate surface area is 118 Å². The molecular formula is C15H31NO3. The molecule has 0 rings (SSSR count). The number of ether oxygens (including phenoxy) is 2. The van der Waals surface area contributed by atoms with Gasteiger partial charge in [0.2, 0.25) is 5.91 Å². The summed E-state index contributed by atoms with van der Waals surface area (Å²) >= 11 is 0. The molecule has 0 atom stereocenters. The largest absolute Gasteiger partial charge is 0.380 e. The summed E-state index contributed by atoms with van der Waals surface area (Å²) in [6, 6.07) is 0. The second-order valence-electron chi connectivity index (χ2n) is 6.63. The molecule has 0 aliphatic rings. The van der Waals surface area contributed by atoms with Gasteiger partial charge in [-0.25, -0.2) is 0 Å². The summed E-state index contributed by atoms with van der Waals surface area (Å²) in [5.74, 6) is -0.0904. The fraction of sp³-hybridized carbons (Fsp3) is 0.933. The Morgan fingerprint density at radius 3 is 2.26 bits per heavy atom. The lowest BCUT2D eigenvalue weighted by Crippen LogP contribution is -2.34. The standard InChI is InChI=1S/C15H31NO3/c1-7-15(5,6)8-10-18-11-9-16-13(17)12-19-14(2,3)4/h7-12H2,1-6H3,(H,16,17). The average Bonchev–Trinajstić information content (AvgIpc) is 2.30. The van der Waals surface area contributed by atoms with Crippen molar-refractivity contribution in [3.8, 4) is 0 Å². The van der Waals surface area contributed by atoms with Crippen LogP contribution in [0.4, 0.5) is 0 Å². The van der Waals surface area contributed by atoms with Crippen LogP contribution in [0.2, 0.25) is 0 Å². The Morgan fingerprint density at radius 2 is 1.74 bits per heavy atom. The Balaban J connectivity index is 3.47. The molecule has 0 aromatic heterocycles. The van der Waals surface area contributed by atoms with E-state index in [1.54, 1.807) is 0 Å². The van der Waals surface area contributed by atoms with E-state index >= 15 is 0 Å². The predicted molar refractivity (Wildman–Crippen MR) is 78.2 cm³/mol. The fourth-order valence-electron chi connectivity index (χ4n) is 1.22. The highest BCUT2D eigenvalue weighted by molar-refractivity contribution is 5.77. The minimum atomic E-state index is -0.278. The third-order valence-corrected chi connectivity index (χ3v) is 3.09. The molecule has 0 heterocycles. The molecule has 0 aromatic rings. The normalized spacial score (nSPS) is 12.5. The van der Waals surface area contributed by atoms with E-state index in [2.05, 4.69) is 26.1 Å². The van der Waals surface area contributed by atoms with Crippen molar-refractivity contribution < 1.29 is 14.3 Å². The van der Waals surface area contributed by atoms with Crippen LogP contribution in [0.5, 0.6) is 0 Å². The van der Waals surface area contributed by atoms with E-state index in [-0.39, 0.29) is 18.1 Å². The topological polar surface area (TPSA) is 47.6 Å². The number of carbonyl (C=O) groups excluding carboxylic acids is 1. The second-order valence-corrected chi connectivity index (χ2v) is 6.63. The lowest BCUT2D eigenvalue weighted by Gasteiger charge is -2.22. The average molecular weight is 273 g/mol. The SMILES string of the molecule is CCC(C)(C)CCOCCNC(=O)COC(C)(C)C. The van der Waals surface area contributed by atoms with Crippen LogP contribution in [-0.4, -0.2) is 37.9 Å². The monoisotopic (exact) mass is 273 g/mol. The first kappa shape index (κ1) is 18.4. The number of nitrogens with one attached hydrogen (secondary N) is 1. The maximum atomic E-state index is 11.4. The number of amides is 1. The zero-order valence-corrected chi connectivity index (χ0v) is 13.5. The van der Waals surface area contributed by atoms with Gasteiger partial charge in [-0.1, -0.05) is 27.2 Å². The van der Waals surface area contributed by atoms with Crippen LogP contribution in [0.3, 0.4) is 0 Å². The minimum absolute atomic E-state index is 0.0904. The van der Waals surface area contributed by atoms with Gasteiger partial charge in [-0.15, -0.1) is 0 Å². The van der Waals surface area contributed by atoms with Crippen LogP contribution in [-0.2, 0) is 14.3 Å². The molecule has 0 saturated heterocycles. The van der Waals surface area contributed by atoms with Gasteiger partial charge < -0.3 is 14.8 Å². The van der Waals surface area contributed by atoms with Crippen molar-refractivity contribution in [2.45, 2.75) is 60.0 Å². The molecule has 0 fully saturated rings. The lowest BCUT2D eigenvalue weighted by atomic mass is 9.87.